The molecule has 0 saturated carbocycles. The number of fused-ring (bicyclic) bond motifs is 1. The number of nitrogens with one attached hydrogen (secondary N) is 1. The van der Waals surface area contributed by atoms with E-state index in [1.807, 2.05) is 42.5 Å². The fourth-order valence-electron chi connectivity index (χ4n) is 3.01. The quantitative estimate of drug-likeness (QED) is 0.512. The maximum atomic E-state index is 6.02. The summed E-state index contributed by atoms with van der Waals surface area (Å²) < 4.78 is 6.02. The van der Waals surface area contributed by atoms with Crippen molar-refractivity contribution >= 4 is 16.7 Å². The van der Waals surface area contributed by atoms with E-state index in [9.17, 15) is 0 Å². The Morgan fingerprint density at radius 3 is 2.77 bits per heavy atom. The summed E-state index contributed by atoms with van der Waals surface area (Å²) in [6.45, 7) is 4.75. The summed E-state index contributed by atoms with van der Waals surface area (Å²) >= 11 is 0. The molecule has 26 heavy (non-hydrogen) atoms. The molecular weight excluding hydrogens is 322 g/mol. The van der Waals surface area contributed by atoms with E-state index in [1.165, 1.54) is 16.7 Å². The molecule has 1 heterocycles. The van der Waals surface area contributed by atoms with Gasteiger partial charge in [-0.1, -0.05) is 35.9 Å². The van der Waals surface area contributed by atoms with Gasteiger partial charge in [-0.2, -0.15) is 0 Å². The number of aromatic nitrogens is 2. The van der Waals surface area contributed by atoms with Crippen LogP contribution in [0.25, 0.3) is 22.4 Å². The molecule has 0 atom stereocenters. The number of hydrogen-bond acceptors (Lipinski definition) is 3. The Morgan fingerprint density at radius 2 is 1.88 bits per heavy atom. The Labute approximate surface area is 152 Å². The van der Waals surface area contributed by atoms with E-state index in [1.54, 1.807) is 0 Å². The summed E-state index contributed by atoms with van der Waals surface area (Å²) in [6, 6.07) is 20.1. The SMILES string of the molecule is Cc1ccc(C)c(COc2cccc(-c3nc4ccc(N)cc4[nH]3)c2)c1. The molecule has 4 nitrogen and oxygen atoms in total. The molecule has 0 radical (unpaired) electrons. The molecule has 0 fully saturated rings. The number of imidazole rings is 1. The van der Waals surface area contributed by atoms with Gasteiger partial charge in [-0.15, -0.1) is 0 Å². The molecule has 0 aliphatic carbocycles. The number of aromatic amines is 1. The van der Waals surface area contributed by atoms with E-state index in [2.05, 4.69) is 42.0 Å². The van der Waals surface area contributed by atoms with Gasteiger partial charge in [0.25, 0.3) is 0 Å². The van der Waals surface area contributed by atoms with E-state index in [-0.39, 0.29) is 0 Å². The highest BCUT2D eigenvalue weighted by Gasteiger charge is 2.07. The van der Waals surface area contributed by atoms with Gasteiger partial charge in [0.15, 0.2) is 0 Å². The minimum Gasteiger partial charge on any atom is -0.489 e. The number of nitrogens with two attached hydrogens (primary N) is 1. The molecular formula is C22H21N3O. The molecule has 1 aromatic heterocycles. The monoisotopic (exact) mass is 343 g/mol. The number of nitrogen functional groups attached to an aromatic ring is 1. The third-order valence-corrected chi connectivity index (χ3v) is 4.51. The van der Waals surface area contributed by atoms with Gasteiger partial charge in [0.05, 0.1) is 11.0 Å². The Hall–Kier alpha value is -3.27. The summed E-state index contributed by atoms with van der Waals surface area (Å²) in [7, 11) is 0. The third kappa shape index (κ3) is 3.26. The lowest BCUT2D eigenvalue weighted by atomic mass is 10.1. The smallest absolute Gasteiger partial charge is 0.138 e. The van der Waals surface area contributed by atoms with Crippen molar-refractivity contribution in [2.75, 3.05) is 5.73 Å². The molecule has 130 valence electrons. The van der Waals surface area contributed by atoms with Crippen molar-refractivity contribution < 1.29 is 4.74 Å². The second kappa shape index (κ2) is 6.56. The fraction of sp³-hybridized carbons (Fsp3) is 0.136. The Morgan fingerprint density at radius 1 is 1.00 bits per heavy atom. The van der Waals surface area contributed by atoms with Gasteiger partial charge < -0.3 is 15.5 Å². The van der Waals surface area contributed by atoms with Crippen LogP contribution >= 0.6 is 0 Å². The van der Waals surface area contributed by atoms with Gasteiger partial charge in [-0.25, -0.2) is 4.98 Å². The van der Waals surface area contributed by atoms with Gasteiger partial charge in [0.2, 0.25) is 0 Å². The lowest BCUT2D eigenvalue weighted by Gasteiger charge is -2.10. The maximum absolute atomic E-state index is 6.02. The number of H-pyrrole nitrogens is 1. The Balaban J connectivity index is 1.58. The molecule has 4 rings (SSSR count). The Bertz CT molecular complexity index is 1080. The average molecular weight is 343 g/mol. The third-order valence-electron chi connectivity index (χ3n) is 4.51. The molecule has 4 heteroatoms. The molecule has 0 amide bonds. The van der Waals surface area contributed by atoms with Crippen molar-refractivity contribution in [1.29, 1.82) is 0 Å². The van der Waals surface area contributed by atoms with Crippen LogP contribution < -0.4 is 10.5 Å². The van der Waals surface area contributed by atoms with Gasteiger partial charge in [0.1, 0.15) is 18.2 Å². The van der Waals surface area contributed by atoms with Crippen LogP contribution in [0.1, 0.15) is 16.7 Å². The van der Waals surface area contributed by atoms with Crippen LogP contribution in [-0.4, -0.2) is 9.97 Å². The van der Waals surface area contributed by atoms with Gasteiger partial charge >= 0.3 is 0 Å². The summed E-state index contributed by atoms with van der Waals surface area (Å²) in [5, 5.41) is 0. The second-order valence-electron chi connectivity index (χ2n) is 6.61. The summed E-state index contributed by atoms with van der Waals surface area (Å²) in [5.41, 5.74) is 13.1. The lowest BCUT2D eigenvalue weighted by Crippen LogP contribution is -1.98. The minimum absolute atomic E-state index is 0.549. The van der Waals surface area contributed by atoms with E-state index in [0.717, 1.165) is 33.9 Å². The summed E-state index contributed by atoms with van der Waals surface area (Å²) in [5.74, 6) is 1.63. The first-order valence-corrected chi connectivity index (χ1v) is 8.63. The molecule has 0 aliphatic rings. The average Bonchev–Trinajstić information content (AvgIpc) is 3.06. The van der Waals surface area contributed by atoms with Crippen LogP contribution in [-0.2, 0) is 6.61 Å². The highest BCUT2D eigenvalue weighted by Crippen LogP contribution is 2.25. The van der Waals surface area contributed by atoms with Crippen molar-refractivity contribution in [3.05, 3.63) is 77.4 Å². The van der Waals surface area contributed by atoms with Gasteiger partial charge in [-0.05, 0) is 55.3 Å². The molecule has 0 spiro atoms. The zero-order valence-corrected chi connectivity index (χ0v) is 14.9. The first kappa shape index (κ1) is 16.2. The van der Waals surface area contributed by atoms with Crippen LogP contribution in [0.15, 0.2) is 60.7 Å². The minimum atomic E-state index is 0.549. The van der Waals surface area contributed by atoms with Gasteiger partial charge in [-0.3, -0.25) is 0 Å². The van der Waals surface area contributed by atoms with Gasteiger partial charge in [0, 0.05) is 11.3 Å². The molecule has 0 saturated heterocycles. The Kier molecular flexibility index (Phi) is 4.09. The number of nitrogens with zero attached hydrogens (tertiary/aromatic N) is 1. The van der Waals surface area contributed by atoms with Crippen molar-refractivity contribution in [3.63, 3.8) is 0 Å². The molecule has 3 N–H and O–H groups in total. The first-order valence-electron chi connectivity index (χ1n) is 8.63. The number of benzene rings is 3. The number of aryl methyl sites for hydroxylation is 2. The highest BCUT2D eigenvalue weighted by atomic mass is 16.5. The largest absolute Gasteiger partial charge is 0.489 e. The predicted molar refractivity (Wildman–Crippen MR) is 106 cm³/mol. The van der Waals surface area contributed by atoms with Crippen LogP contribution in [0, 0.1) is 13.8 Å². The van der Waals surface area contributed by atoms with Crippen molar-refractivity contribution in [1.82, 2.24) is 9.97 Å². The maximum Gasteiger partial charge on any atom is 0.138 e. The zero-order valence-electron chi connectivity index (χ0n) is 14.9. The second-order valence-corrected chi connectivity index (χ2v) is 6.61. The molecule has 4 aromatic rings. The standard InChI is InChI=1S/C22H21N3O/c1-14-6-7-15(2)17(10-14)13-26-19-5-3-4-16(11-19)22-24-20-9-8-18(23)12-21(20)25-22/h3-12H,13,23H2,1-2H3,(H,24,25). The highest BCUT2D eigenvalue weighted by molar-refractivity contribution is 5.82. The van der Waals surface area contributed by atoms with E-state index in [0.29, 0.717) is 6.61 Å². The summed E-state index contributed by atoms with van der Waals surface area (Å²) in [4.78, 5) is 7.97. The normalized spacial score (nSPS) is 11.0. The number of hydrogen-bond donors (Lipinski definition) is 2. The van der Waals surface area contributed by atoms with Crippen molar-refractivity contribution in [2.45, 2.75) is 20.5 Å². The number of ether oxygens (including phenoxy) is 1. The zero-order chi connectivity index (χ0) is 18.1. The van der Waals surface area contributed by atoms with E-state index < -0.39 is 0 Å². The number of anilines is 1. The molecule has 0 aliphatic heterocycles. The first-order chi connectivity index (χ1) is 12.6. The fourth-order valence-corrected chi connectivity index (χ4v) is 3.01. The van der Waals surface area contributed by atoms with Crippen LogP contribution in [0.5, 0.6) is 5.75 Å². The number of rotatable bonds is 4. The molecule has 3 aromatic carbocycles. The van der Waals surface area contributed by atoms with Crippen LogP contribution in [0.2, 0.25) is 0 Å². The molecule has 0 bridgehead atoms. The van der Waals surface area contributed by atoms with Crippen molar-refractivity contribution in [3.8, 4) is 17.1 Å². The molecule has 0 unspecified atom stereocenters. The van der Waals surface area contributed by atoms with E-state index >= 15 is 0 Å². The van der Waals surface area contributed by atoms with Crippen molar-refractivity contribution in [2.24, 2.45) is 0 Å². The van der Waals surface area contributed by atoms with Crippen LogP contribution in [0.4, 0.5) is 5.69 Å². The lowest BCUT2D eigenvalue weighted by molar-refractivity contribution is 0.305. The predicted octanol–water partition coefficient (Wildman–Crippen LogP) is 5.01. The van der Waals surface area contributed by atoms with E-state index in [4.69, 9.17) is 10.5 Å². The van der Waals surface area contributed by atoms with Crippen LogP contribution in [0.3, 0.4) is 0 Å². The summed E-state index contributed by atoms with van der Waals surface area (Å²) in [6.07, 6.45) is 0. The topological polar surface area (TPSA) is 63.9 Å².